The van der Waals surface area contributed by atoms with Gasteiger partial charge in [0.1, 0.15) is 32.0 Å². The molecule has 0 fully saturated rings. The summed E-state index contributed by atoms with van der Waals surface area (Å²) in [5.41, 5.74) is -0.669. The first kappa shape index (κ1) is 22.4. The minimum Gasteiger partial charge on any atom is -0.462 e. The van der Waals surface area contributed by atoms with Crippen LogP contribution in [0.5, 0.6) is 0 Å². The number of carbonyl (C=O) groups is 4. The van der Waals surface area contributed by atoms with Crippen molar-refractivity contribution in [2.24, 2.45) is 0 Å². The molecule has 9 nitrogen and oxygen atoms in total. The summed E-state index contributed by atoms with van der Waals surface area (Å²) in [5, 5.41) is 0. The molecule has 0 aromatic heterocycles. The normalized spacial score (nSPS) is 10.4. The van der Waals surface area contributed by atoms with Gasteiger partial charge in [-0.15, -0.1) is 0 Å². The van der Waals surface area contributed by atoms with Gasteiger partial charge in [0.25, 0.3) is 0 Å². The number of esters is 3. The quantitative estimate of drug-likeness (QED) is 0.247. The standard InChI is InChI=1S/C16H24O9/c1-5-12(17)21-8-9-22-13(18)6-7-14(19)23-10-11-24-15(20)25-16(2,3)4/h5H,1,6-11H2,2-4H3. The second-order valence-corrected chi connectivity index (χ2v) is 5.63. The van der Waals surface area contributed by atoms with Crippen molar-refractivity contribution in [2.75, 3.05) is 26.4 Å². The average Bonchev–Trinajstić information content (AvgIpc) is 2.51. The van der Waals surface area contributed by atoms with Crippen molar-refractivity contribution in [3.63, 3.8) is 0 Å². The third-order valence-electron chi connectivity index (χ3n) is 2.25. The summed E-state index contributed by atoms with van der Waals surface area (Å²) in [4.78, 5) is 44.7. The smallest absolute Gasteiger partial charge is 0.462 e. The largest absolute Gasteiger partial charge is 0.508 e. The first-order valence-corrected chi connectivity index (χ1v) is 7.60. The SMILES string of the molecule is C=CC(=O)OCCOC(=O)CCC(=O)OCCOC(=O)OC(C)(C)C. The lowest BCUT2D eigenvalue weighted by atomic mass is 10.2. The summed E-state index contributed by atoms with van der Waals surface area (Å²) < 4.78 is 23.7. The molecule has 0 aliphatic rings. The van der Waals surface area contributed by atoms with Crippen LogP contribution in [-0.2, 0) is 38.1 Å². The first-order chi connectivity index (χ1) is 11.6. The first-order valence-electron chi connectivity index (χ1n) is 7.60. The van der Waals surface area contributed by atoms with Gasteiger partial charge in [-0.1, -0.05) is 6.58 Å². The zero-order chi connectivity index (χ0) is 19.3. The Morgan fingerprint density at radius 2 is 1.24 bits per heavy atom. The van der Waals surface area contributed by atoms with Crippen molar-refractivity contribution in [1.29, 1.82) is 0 Å². The maximum atomic E-state index is 11.4. The van der Waals surface area contributed by atoms with E-state index in [1.54, 1.807) is 20.8 Å². The van der Waals surface area contributed by atoms with E-state index in [1.807, 2.05) is 0 Å². The van der Waals surface area contributed by atoms with Crippen molar-refractivity contribution in [3.8, 4) is 0 Å². The van der Waals surface area contributed by atoms with Gasteiger partial charge in [-0.25, -0.2) is 9.59 Å². The maximum Gasteiger partial charge on any atom is 0.508 e. The lowest BCUT2D eigenvalue weighted by Gasteiger charge is -2.18. The molecule has 0 rings (SSSR count). The molecule has 25 heavy (non-hydrogen) atoms. The third kappa shape index (κ3) is 14.7. The fraction of sp³-hybridized carbons (Fsp3) is 0.625. The highest BCUT2D eigenvalue weighted by molar-refractivity contribution is 5.81. The molecule has 0 unspecified atom stereocenters. The fourth-order valence-electron chi connectivity index (χ4n) is 1.27. The van der Waals surface area contributed by atoms with Crippen LogP contribution in [0.3, 0.4) is 0 Å². The minimum absolute atomic E-state index is 0.0942. The molecule has 0 amide bonds. The maximum absolute atomic E-state index is 11.4. The molecular weight excluding hydrogens is 336 g/mol. The summed E-state index contributed by atoms with van der Waals surface area (Å²) in [5.74, 6) is -1.88. The van der Waals surface area contributed by atoms with Crippen LogP contribution in [0.1, 0.15) is 33.6 Å². The topological polar surface area (TPSA) is 114 Å². The Morgan fingerprint density at radius 3 is 1.68 bits per heavy atom. The van der Waals surface area contributed by atoms with E-state index in [0.29, 0.717) is 0 Å². The van der Waals surface area contributed by atoms with Gasteiger partial charge in [-0.3, -0.25) is 9.59 Å². The van der Waals surface area contributed by atoms with Crippen LogP contribution in [0.4, 0.5) is 4.79 Å². The lowest BCUT2D eigenvalue weighted by molar-refractivity contribution is -0.153. The molecule has 0 saturated carbocycles. The fourth-order valence-corrected chi connectivity index (χ4v) is 1.27. The van der Waals surface area contributed by atoms with Crippen LogP contribution in [0.25, 0.3) is 0 Å². The Morgan fingerprint density at radius 1 is 0.800 bits per heavy atom. The van der Waals surface area contributed by atoms with Crippen molar-refractivity contribution in [2.45, 2.75) is 39.2 Å². The van der Waals surface area contributed by atoms with Crippen molar-refractivity contribution in [1.82, 2.24) is 0 Å². The van der Waals surface area contributed by atoms with Gasteiger partial charge in [0.15, 0.2) is 0 Å². The highest BCUT2D eigenvalue weighted by Crippen LogP contribution is 2.07. The van der Waals surface area contributed by atoms with Crippen LogP contribution < -0.4 is 0 Å². The number of hydrogen-bond donors (Lipinski definition) is 0. The van der Waals surface area contributed by atoms with Gasteiger partial charge in [0.05, 0.1) is 12.8 Å². The second-order valence-electron chi connectivity index (χ2n) is 5.63. The molecule has 0 aromatic rings. The molecule has 0 N–H and O–H groups in total. The Bertz CT molecular complexity index is 476. The summed E-state index contributed by atoms with van der Waals surface area (Å²) >= 11 is 0. The Labute approximate surface area is 146 Å². The molecule has 0 saturated heterocycles. The average molecular weight is 360 g/mol. The van der Waals surface area contributed by atoms with Crippen LogP contribution >= 0.6 is 0 Å². The van der Waals surface area contributed by atoms with E-state index in [2.05, 4.69) is 11.3 Å². The molecule has 0 spiro atoms. The molecule has 0 atom stereocenters. The van der Waals surface area contributed by atoms with Gasteiger partial charge >= 0.3 is 24.1 Å². The molecule has 9 heteroatoms. The summed E-state index contributed by atoms with van der Waals surface area (Å²) in [6, 6.07) is 0. The number of ether oxygens (including phenoxy) is 5. The van der Waals surface area contributed by atoms with E-state index in [0.717, 1.165) is 6.08 Å². The van der Waals surface area contributed by atoms with E-state index in [4.69, 9.17) is 18.9 Å². The number of carbonyl (C=O) groups excluding carboxylic acids is 4. The Balaban J connectivity index is 3.66. The Hall–Kier alpha value is -2.58. The number of hydrogen-bond acceptors (Lipinski definition) is 9. The molecule has 0 aliphatic heterocycles. The summed E-state index contributed by atoms with van der Waals surface area (Å²) in [6.45, 7) is 7.78. The highest BCUT2D eigenvalue weighted by atomic mass is 16.7. The predicted octanol–water partition coefficient (Wildman–Crippen LogP) is 1.53. The molecular formula is C16H24O9. The monoisotopic (exact) mass is 360 g/mol. The molecule has 0 aromatic carbocycles. The summed E-state index contributed by atoms with van der Waals surface area (Å²) in [6.07, 6.45) is -0.229. The number of rotatable bonds is 10. The van der Waals surface area contributed by atoms with E-state index in [1.165, 1.54) is 0 Å². The van der Waals surface area contributed by atoms with Crippen LogP contribution in [0.2, 0.25) is 0 Å². The zero-order valence-electron chi connectivity index (χ0n) is 14.7. The molecule has 142 valence electrons. The summed E-state index contributed by atoms with van der Waals surface area (Å²) in [7, 11) is 0. The minimum atomic E-state index is -0.857. The Kier molecular flexibility index (Phi) is 10.7. The van der Waals surface area contributed by atoms with E-state index < -0.39 is 29.7 Å². The highest BCUT2D eigenvalue weighted by Gasteiger charge is 2.17. The van der Waals surface area contributed by atoms with Crippen LogP contribution in [0, 0.1) is 0 Å². The van der Waals surface area contributed by atoms with Crippen molar-refractivity contribution in [3.05, 3.63) is 12.7 Å². The van der Waals surface area contributed by atoms with Gasteiger partial charge in [-0.05, 0) is 20.8 Å². The van der Waals surface area contributed by atoms with Crippen LogP contribution in [0.15, 0.2) is 12.7 Å². The van der Waals surface area contributed by atoms with E-state index in [-0.39, 0.29) is 39.3 Å². The zero-order valence-corrected chi connectivity index (χ0v) is 14.7. The van der Waals surface area contributed by atoms with Gasteiger partial charge in [0, 0.05) is 6.08 Å². The third-order valence-corrected chi connectivity index (χ3v) is 2.25. The van der Waals surface area contributed by atoms with E-state index in [9.17, 15) is 19.2 Å². The lowest BCUT2D eigenvalue weighted by Crippen LogP contribution is -2.25. The van der Waals surface area contributed by atoms with Gasteiger partial charge < -0.3 is 23.7 Å². The molecule has 0 heterocycles. The molecule has 0 aliphatic carbocycles. The van der Waals surface area contributed by atoms with Crippen molar-refractivity contribution >= 4 is 24.1 Å². The van der Waals surface area contributed by atoms with Gasteiger partial charge in [-0.2, -0.15) is 0 Å². The molecule has 0 bridgehead atoms. The second kappa shape index (κ2) is 11.9. The van der Waals surface area contributed by atoms with Gasteiger partial charge in [0.2, 0.25) is 0 Å². The van der Waals surface area contributed by atoms with E-state index >= 15 is 0 Å². The van der Waals surface area contributed by atoms with Crippen molar-refractivity contribution < 1.29 is 42.9 Å². The predicted molar refractivity (Wildman–Crippen MR) is 84.5 cm³/mol. The van der Waals surface area contributed by atoms with Crippen LogP contribution in [-0.4, -0.2) is 56.1 Å². The molecule has 0 radical (unpaired) electrons.